The van der Waals surface area contributed by atoms with Gasteiger partial charge in [-0.2, -0.15) is 0 Å². The molecule has 1 unspecified atom stereocenters. The molecule has 2 aromatic carbocycles. The smallest absolute Gasteiger partial charge is 0.176 e. The summed E-state index contributed by atoms with van der Waals surface area (Å²) in [6, 6.07) is 14.5. The van der Waals surface area contributed by atoms with E-state index in [9.17, 15) is 14.3 Å². The molecule has 136 valence electrons. The van der Waals surface area contributed by atoms with Crippen LogP contribution in [0, 0.1) is 23.6 Å². The fourth-order valence-corrected chi connectivity index (χ4v) is 4.74. The van der Waals surface area contributed by atoms with Crippen molar-refractivity contribution in [1.82, 2.24) is 4.90 Å². The summed E-state index contributed by atoms with van der Waals surface area (Å²) < 4.78 is 13.4. The number of hydrogen-bond acceptors (Lipinski definition) is 3. The number of carbonyl (C=O) groups is 1. The lowest BCUT2D eigenvalue weighted by Crippen LogP contribution is -2.29. The fourth-order valence-electron chi connectivity index (χ4n) is 4.74. The highest BCUT2D eigenvalue weighted by Crippen LogP contribution is 2.42. The van der Waals surface area contributed by atoms with Crippen LogP contribution in [0.15, 0.2) is 48.5 Å². The maximum atomic E-state index is 13.4. The van der Waals surface area contributed by atoms with Crippen molar-refractivity contribution in [2.45, 2.75) is 19.3 Å². The first-order valence-corrected chi connectivity index (χ1v) is 9.36. The van der Waals surface area contributed by atoms with Crippen molar-refractivity contribution in [2.24, 2.45) is 17.8 Å². The van der Waals surface area contributed by atoms with E-state index in [0.717, 1.165) is 31.5 Å². The van der Waals surface area contributed by atoms with Crippen molar-refractivity contribution >= 4 is 5.78 Å². The third-order valence-electron chi connectivity index (χ3n) is 5.93. The first-order chi connectivity index (χ1) is 12.6. The maximum Gasteiger partial charge on any atom is 0.176 e. The lowest BCUT2D eigenvalue weighted by molar-refractivity contribution is 0.0939. The first kappa shape index (κ1) is 17.2. The number of carbonyl (C=O) groups excluding carboxylic acids is 1. The standard InChI is InChI=1S/C22H24FNO2/c23-20-11-17(6-7-21(20)25)22(26)14-24-12-18-9-16(10-19(18)13-24)8-15-4-2-1-3-5-15/h1-7,11,16,18-19,25H,8-10,12-14H2/t16?,18-,19+. The molecule has 2 aliphatic rings. The van der Waals surface area contributed by atoms with Crippen LogP contribution in [0.2, 0.25) is 0 Å². The third-order valence-corrected chi connectivity index (χ3v) is 5.93. The number of ketones is 1. The SMILES string of the molecule is O=C(CN1C[C@H]2CC(Cc3ccccc3)C[C@H]2C1)c1ccc(O)c(F)c1. The molecule has 0 amide bonds. The molecule has 1 aliphatic heterocycles. The zero-order chi connectivity index (χ0) is 18.1. The average Bonchev–Trinajstić information content (AvgIpc) is 3.16. The number of aromatic hydroxyl groups is 1. The van der Waals surface area contributed by atoms with Crippen molar-refractivity contribution in [3.05, 3.63) is 65.5 Å². The molecule has 3 nitrogen and oxygen atoms in total. The van der Waals surface area contributed by atoms with E-state index in [1.54, 1.807) is 0 Å². The van der Waals surface area contributed by atoms with Gasteiger partial charge in [0.15, 0.2) is 17.3 Å². The van der Waals surface area contributed by atoms with Gasteiger partial charge < -0.3 is 5.11 Å². The minimum absolute atomic E-state index is 0.0790. The van der Waals surface area contributed by atoms with Gasteiger partial charge in [-0.05, 0) is 60.8 Å². The van der Waals surface area contributed by atoms with Gasteiger partial charge in [0.1, 0.15) is 0 Å². The van der Waals surface area contributed by atoms with Gasteiger partial charge in [0, 0.05) is 18.7 Å². The Labute approximate surface area is 153 Å². The molecule has 2 aromatic rings. The van der Waals surface area contributed by atoms with Crippen LogP contribution in [0.3, 0.4) is 0 Å². The Morgan fingerprint density at radius 2 is 1.77 bits per heavy atom. The van der Waals surface area contributed by atoms with Crippen molar-refractivity contribution in [3.63, 3.8) is 0 Å². The Balaban J connectivity index is 1.30. The van der Waals surface area contributed by atoms with E-state index in [0.29, 0.717) is 23.9 Å². The number of Topliss-reactive ketones (excluding diaryl/α,β-unsaturated/α-hetero) is 1. The molecule has 4 rings (SSSR count). The lowest BCUT2D eigenvalue weighted by atomic mass is 9.96. The maximum absolute atomic E-state index is 13.4. The summed E-state index contributed by atoms with van der Waals surface area (Å²) in [4.78, 5) is 14.6. The first-order valence-electron chi connectivity index (χ1n) is 9.36. The van der Waals surface area contributed by atoms with Crippen LogP contribution in [0.4, 0.5) is 4.39 Å². The molecule has 0 bridgehead atoms. The number of phenols is 1. The summed E-state index contributed by atoms with van der Waals surface area (Å²) in [6.07, 6.45) is 3.62. The Kier molecular flexibility index (Phi) is 4.77. The summed E-state index contributed by atoms with van der Waals surface area (Å²) in [5.74, 6) is 0.863. The van der Waals surface area contributed by atoms with E-state index in [2.05, 4.69) is 35.2 Å². The number of fused-ring (bicyclic) bond motifs is 1. The summed E-state index contributed by atoms with van der Waals surface area (Å²) in [6.45, 7) is 2.26. The predicted octanol–water partition coefficient (Wildman–Crippen LogP) is 3.91. The van der Waals surface area contributed by atoms with Crippen LogP contribution in [-0.2, 0) is 6.42 Å². The molecule has 1 saturated carbocycles. The van der Waals surface area contributed by atoms with Crippen molar-refractivity contribution < 1.29 is 14.3 Å². The van der Waals surface area contributed by atoms with Crippen LogP contribution in [0.1, 0.15) is 28.8 Å². The van der Waals surface area contributed by atoms with Gasteiger partial charge in [-0.15, -0.1) is 0 Å². The molecule has 1 N–H and O–H groups in total. The molecule has 1 aliphatic carbocycles. The number of benzene rings is 2. The van der Waals surface area contributed by atoms with Crippen molar-refractivity contribution in [3.8, 4) is 5.75 Å². The number of nitrogens with zero attached hydrogens (tertiary/aromatic N) is 1. The Morgan fingerprint density at radius 1 is 1.08 bits per heavy atom. The van der Waals surface area contributed by atoms with Gasteiger partial charge in [-0.25, -0.2) is 4.39 Å². The van der Waals surface area contributed by atoms with E-state index in [4.69, 9.17) is 0 Å². The Hall–Kier alpha value is -2.20. The normalized spacial score (nSPS) is 25.3. The number of hydrogen-bond donors (Lipinski definition) is 1. The quantitative estimate of drug-likeness (QED) is 0.829. The highest BCUT2D eigenvalue weighted by molar-refractivity contribution is 5.97. The molecular weight excluding hydrogens is 329 g/mol. The molecule has 0 aromatic heterocycles. The van der Waals surface area contributed by atoms with E-state index < -0.39 is 11.6 Å². The Morgan fingerprint density at radius 3 is 2.42 bits per heavy atom. The molecular formula is C22H24FNO2. The highest BCUT2D eigenvalue weighted by atomic mass is 19.1. The van der Waals surface area contributed by atoms with E-state index in [1.165, 1.54) is 30.5 Å². The Bertz CT molecular complexity index is 778. The van der Waals surface area contributed by atoms with Crippen LogP contribution < -0.4 is 0 Å². The van der Waals surface area contributed by atoms with Gasteiger partial charge in [0.05, 0.1) is 6.54 Å². The monoisotopic (exact) mass is 353 g/mol. The minimum Gasteiger partial charge on any atom is -0.505 e. The molecule has 4 heteroatoms. The molecule has 0 spiro atoms. The lowest BCUT2D eigenvalue weighted by Gasteiger charge is -2.18. The number of phenolic OH excluding ortho intramolecular Hbond substituents is 1. The van der Waals surface area contributed by atoms with Gasteiger partial charge in [-0.3, -0.25) is 9.69 Å². The predicted molar refractivity (Wildman–Crippen MR) is 98.7 cm³/mol. The van der Waals surface area contributed by atoms with Gasteiger partial charge in [0.2, 0.25) is 0 Å². The average molecular weight is 353 g/mol. The summed E-state index contributed by atoms with van der Waals surface area (Å²) in [7, 11) is 0. The van der Waals surface area contributed by atoms with Crippen LogP contribution in [0.25, 0.3) is 0 Å². The number of rotatable bonds is 5. The summed E-state index contributed by atoms with van der Waals surface area (Å²) in [5, 5.41) is 9.25. The molecule has 0 radical (unpaired) electrons. The molecule has 2 fully saturated rings. The van der Waals surface area contributed by atoms with Gasteiger partial charge >= 0.3 is 0 Å². The largest absolute Gasteiger partial charge is 0.505 e. The van der Waals surface area contributed by atoms with E-state index in [-0.39, 0.29) is 5.78 Å². The summed E-state index contributed by atoms with van der Waals surface area (Å²) >= 11 is 0. The summed E-state index contributed by atoms with van der Waals surface area (Å²) in [5.41, 5.74) is 1.75. The molecule has 26 heavy (non-hydrogen) atoms. The molecule has 1 saturated heterocycles. The van der Waals surface area contributed by atoms with Crippen LogP contribution in [0.5, 0.6) is 5.75 Å². The number of halogens is 1. The van der Waals surface area contributed by atoms with Gasteiger partial charge in [-0.1, -0.05) is 30.3 Å². The zero-order valence-electron chi connectivity index (χ0n) is 14.8. The third kappa shape index (κ3) is 3.65. The fraction of sp³-hybridized carbons (Fsp3) is 0.409. The second-order valence-electron chi connectivity index (χ2n) is 7.83. The van der Waals surface area contributed by atoms with Crippen LogP contribution in [-0.4, -0.2) is 35.4 Å². The van der Waals surface area contributed by atoms with Crippen LogP contribution >= 0.6 is 0 Å². The van der Waals surface area contributed by atoms with Crippen molar-refractivity contribution in [2.75, 3.05) is 19.6 Å². The highest BCUT2D eigenvalue weighted by Gasteiger charge is 2.40. The zero-order valence-corrected chi connectivity index (χ0v) is 14.8. The second kappa shape index (κ2) is 7.20. The minimum atomic E-state index is -0.738. The van der Waals surface area contributed by atoms with E-state index >= 15 is 0 Å². The second-order valence-corrected chi connectivity index (χ2v) is 7.83. The number of likely N-dealkylation sites (tertiary alicyclic amines) is 1. The molecule has 3 atom stereocenters. The van der Waals surface area contributed by atoms with Gasteiger partial charge in [0.25, 0.3) is 0 Å². The van der Waals surface area contributed by atoms with Crippen molar-refractivity contribution in [1.29, 1.82) is 0 Å². The molecule has 1 heterocycles. The van der Waals surface area contributed by atoms with E-state index in [1.807, 2.05) is 0 Å². The topological polar surface area (TPSA) is 40.5 Å².